The monoisotopic (exact) mass is 481 g/mol. The maximum absolute atomic E-state index is 12.8. The first-order valence-corrected chi connectivity index (χ1v) is 13.0. The average Bonchev–Trinajstić information content (AvgIpc) is 3.13. The summed E-state index contributed by atoms with van der Waals surface area (Å²) in [5.41, 5.74) is 4.02. The van der Waals surface area contributed by atoms with Gasteiger partial charge >= 0.3 is 0 Å². The first kappa shape index (κ1) is 24.0. The molecule has 34 heavy (non-hydrogen) atoms. The number of para-hydroxylation sites is 1. The number of nitrogens with zero attached hydrogens (tertiary/aromatic N) is 3. The second-order valence-corrected chi connectivity index (χ2v) is 10.6. The fourth-order valence-corrected chi connectivity index (χ4v) is 5.69. The minimum absolute atomic E-state index is 0.224. The number of hydrogen-bond donors (Lipinski definition) is 2. The van der Waals surface area contributed by atoms with Crippen LogP contribution in [0.5, 0.6) is 0 Å². The van der Waals surface area contributed by atoms with Crippen LogP contribution >= 0.6 is 0 Å². The fourth-order valence-electron chi connectivity index (χ4n) is 4.17. The lowest BCUT2D eigenvalue weighted by Crippen LogP contribution is -2.35. The molecule has 0 aliphatic carbocycles. The number of nitrogens with one attached hydrogen (secondary N) is 2. The summed E-state index contributed by atoms with van der Waals surface area (Å²) in [5.74, 6) is -0.224. The van der Waals surface area contributed by atoms with Gasteiger partial charge in [-0.15, -0.1) is 0 Å². The summed E-state index contributed by atoms with van der Waals surface area (Å²) in [5, 5.41) is 10.7. The molecule has 1 fully saturated rings. The number of aromatic nitrogens is 2. The van der Waals surface area contributed by atoms with E-state index in [1.54, 1.807) is 31.2 Å². The van der Waals surface area contributed by atoms with E-state index in [1.165, 1.54) is 4.31 Å². The number of hydrogen-bond acceptors (Lipinski definition) is 5. The number of carbonyl (C=O) groups is 1. The molecule has 0 saturated carbocycles. The van der Waals surface area contributed by atoms with Gasteiger partial charge in [0, 0.05) is 18.8 Å². The van der Waals surface area contributed by atoms with Gasteiger partial charge in [0.25, 0.3) is 0 Å². The van der Waals surface area contributed by atoms with Gasteiger partial charge in [0.15, 0.2) is 0 Å². The van der Waals surface area contributed by atoms with E-state index >= 15 is 0 Å². The number of amides is 1. The van der Waals surface area contributed by atoms with Crippen molar-refractivity contribution in [2.24, 2.45) is 0 Å². The van der Waals surface area contributed by atoms with E-state index in [9.17, 15) is 13.2 Å². The van der Waals surface area contributed by atoms with Gasteiger partial charge in [-0.05, 0) is 70.0 Å². The third-order valence-electron chi connectivity index (χ3n) is 6.12. The van der Waals surface area contributed by atoms with Crippen molar-refractivity contribution in [3.8, 4) is 5.69 Å². The molecule has 1 aromatic heterocycles. The third-order valence-corrected chi connectivity index (χ3v) is 8.03. The highest BCUT2D eigenvalue weighted by Gasteiger charge is 2.26. The third kappa shape index (κ3) is 5.00. The highest BCUT2D eigenvalue weighted by atomic mass is 32.2. The Bertz CT molecular complexity index is 1250. The number of carbonyl (C=O) groups excluding carboxylic acids is 1. The molecule has 1 aliphatic heterocycles. The van der Waals surface area contributed by atoms with Crippen molar-refractivity contribution in [3.05, 3.63) is 66.0 Å². The molecule has 8 nitrogen and oxygen atoms in total. The van der Waals surface area contributed by atoms with Crippen LogP contribution in [0.4, 0.5) is 11.4 Å². The SMILES string of the molecule is Cc1nn(-c2ccccc2)c(C)c1NC(C)C(=O)Nc1ccc(S(=O)(=O)N2CCCCC2)cc1. The molecular formula is C25H31N5O3S. The van der Waals surface area contributed by atoms with Crippen LogP contribution < -0.4 is 10.6 Å². The van der Waals surface area contributed by atoms with Crippen molar-refractivity contribution in [1.82, 2.24) is 14.1 Å². The molecule has 9 heteroatoms. The topological polar surface area (TPSA) is 96.3 Å². The average molecular weight is 482 g/mol. The molecular weight excluding hydrogens is 450 g/mol. The highest BCUT2D eigenvalue weighted by Crippen LogP contribution is 2.25. The van der Waals surface area contributed by atoms with Gasteiger partial charge in [-0.1, -0.05) is 24.6 Å². The molecule has 1 amide bonds. The smallest absolute Gasteiger partial charge is 0.246 e. The van der Waals surface area contributed by atoms with Gasteiger partial charge < -0.3 is 10.6 Å². The summed E-state index contributed by atoms with van der Waals surface area (Å²) in [6.07, 6.45) is 2.85. The standard InChI is InChI=1S/C25H31N5O3S/c1-18-24(20(3)30(28-18)22-10-6-4-7-11-22)26-19(2)25(31)27-21-12-14-23(15-13-21)34(32,33)29-16-8-5-9-17-29/h4,6-7,10-15,19,26H,5,8-9,16-17H2,1-3H3,(H,27,31). The number of aryl methyl sites for hydroxylation is 1. The molecule has 3 aromatic rings. The zero-order chi connectivity index (χ0) is 24.3. The summed E-state index contributed by atoms with van der Waals surface area (Å²) in [6.45, 7) is 6.76. The first-order chi connectivity index (χ1) is 16.3. The molecule has 1 saturated heterocycles. The summed E-state index contributed by atoms with van der Waals surface area (Å²) in [6, 6.07) is 15.7. The van der Waals surface area contributed by atoms with Gasteiger partial charge in [-0.2, -0.15) is 9.40 Å². The van der Waals surface area contributed by atoms with E-state index in [1.807, 2.05) is 48.9 Å². The van der Waals surface area contributed by atoms with E-state index in [4.69, 9.17) is 0 Å². The predicted octanol–water partition coefficient (Wildman–Crippen LogP) is 4.10. The van der Waals surface area contributed by atoms with Gasteiger partial charge in [0.1, 0.15) is 6.04 Å². The van der Waals surface area contributed by atoms with Gasteiger partial charge in [-0.25, -0.2) is 13.1 Å². The van der Waals surface area contributed by atoms with Crippen molar-refractivity contribution in [2.45, 2.75) is 51.0 Å². The van der Waals surface area contributed by atoms with E-state index in [0.717, 1.165) is 42.0 Å². The van der Waals surface area contributed by atoms with Crippen molar-refractivity contribution in [1.29, 1.82) is 0 Å². The molecule has 2 heterocycles. The van der Waals surface area contributed by atoms with Crippen molar-refractivity contribution in [2.75, 3.05) is 23.7 Å². The second kappa shape index (κ2) is 9.99. The number of rotatable bonds is 7. The Hall–Kier alpha value is -3.17. The Balaban J connectivity index is 1.42. The lowest BCUT2D eigenvalue weighted by atomic mass is 10.2. The molecule has 0 bridgehead atoms. The maximum Gasteiger partial charge on any atom is 0.246 e. The Labute approximate surface area is 201 Å². The van der Waals surface area contributed by atoms with E-state index in [2.05, 4.69) is 15.7 Å². The molecule has 1 unspecified atom stereocenters. The zero-order valence-electron chi connectivity index (χ0n) is 19.8. The lowest BCUT2D eigenvalue weighted by Gasteiger charge is -2.25. The molecule has 2 aromatic carbocycles. The Morgan fingerprint density at radius 3 is 2.26 bits per heavy atom. The largest absolute Gasteiger partial charge is 0.371 e. The van der Waals surface area contributed by atoms with Crippen molar-refractivity contribution in [3.63, 3.8) is 0 Å². The summed E-state index contributed by atoms with van der Waals surface area (Å²) < 4.78 is 29.0. The zero-order valence-corrected chi connectivity index (χ0v) is 20.6. The summed E-state index contributed by atoms with van der Waals surface area (Å²) in [7, 11) is -3.50. The maximum atomic E-state index is 12.8. The number of anilines is 2. The van der Waals surface area contributed by atoms with E-state index < -0.39 is 16.1 Å². The number of benzene rings is 2. The van der Waals surface area contributed by atoms with Gasteiger partial charge in [0.2, 0.25) is 15.9 Å². The predicted molar refractivity (Wildman–Crippen MR) is 134 cm³/mol. The molecule has 1 atom stereocenters. The molecule has 180 valence electrons. The minimum atomic E-state index is -3.50. The van der Waals surface area contributed by atoms with Crippen LogP contribution in [0.3, 0.4) is 0 Å². The van der Waals surface area contributed by atoms with Crippen LogP contribution in [0.1, 0.15) is 37.6 Å². The van der Waals surface area contributed by atoms with Crippen LogP contribution in [-0.2, 0) is 14.8 Å². The molecule has 0 spiro atoms. The number of piperidine rings is 1. The number of sulfonamides is 1. The molecule has 2 N–H and O–H groups in total. The minimum Gasteiger partial charge on any atom is -0.371 e. The van der Waals surface area contributed by atoms with Crippen LogP contribution in [0.2, 0.25) is 0 Å². The quantitative estimate of drug-likeness (QED) is 0.530. The van der Waals surface area contributed by atoms with Gasteiger partial charge in [0.05, 0.1) is 27.7 Å². The van der Waals surface area contributed by atoms with Gasteiger partial charge in [-0.3, -0.25) is 4.79 Å². The Morgan fingerprint density at radius 1 is 0.971 bits per heavy atom. The highest BCUT2D eigenvalue weighted by molar-refractivity contribution is 7.89. The van der Waals surface area contributed by atoms with Crippen LogP contribution in [0.15, 0.2) is 59.5 Å². The van der Waals surface area contributed by atoms with Crippen LogP contribution in [0.25, 0.3) is 5.69 Å². The summed E-state index contributed by atoms with van der Waals surface area (Å²) in [4.78, 5) is 13.1. The lowest BCUT2D eigenvalue weighted by molar-refractivity contribution is -0.116. The van der Waals surface area contributed by atoms with Crippen LogP contribution in [-0.4, -0.2) is 47.5 Å². The molecule has 4 rings (SSSR count). The molecule has 1 aliphatic rings. The van der Waals surface area contributed by atoms with E-state index in [-0.39, 0.29) is 10.8 Å². The normalized spacial score (nSPS) is 15.6. The van der Waals surface area contributed by atoms with Crippen LogP contribution in [0, 0.1) is 13.8 Å². The first-order valence-electron chi connectivity index (χ1n) is 11.6. The fraction of sp³-hybridized carbons (Fsp3) is 0.360. The second-order valence-electron chi connectivity index (χ2n) is 8.64. The Morgan fingerprint density at radius 2 is 1.62 bits per heavy atom. The Kier molecular flexibility index (Phi) is 7.04. The molecule has 0 radical (unpaired) electrons. The van der Waals surface area contributed by atoms with Crippen molar-refractivity contribution < 1.29 is 13.2 Å². The van der Waals surface area contributed by atoms with E-state index in [0.29, 0.717) is 18.8 Å². The van der Waals surface area contributed by atoms with Crippen molar-refractivity contribution >= 4 is 27.3 Å². The summed E-state index contributed by atoms with van der Waals surface area (Å²) >= 11 is 0.